The number of carboxylic acids is 1. The van der Waals surface area contributed by atoms with Crippen molar-refractivity contribution < 1.29 is 23.9 Å². The van der Waals surface area contributed by atoms with Gasteiger partial charge >= 0.3 is 5.97 Å². The molecule has 114 valence electrons. The first-order chi connectivity index (χ1) is 9.93. The Labute approximate surface area is 133 Å². The van der Waals surface area contributed by atoms with E-state index in [0.717, 1.165) is 0 Å². The van der Waals surface area contributed by atoms with Gasteiger partial charge in [-0.25, -0.2) is 4.79 Å². The first-order valence-electron chi connectivity index (χ1n) is 6.09. The van der Waals surface area contributed by atoms with Crippen LogP contribution in [-0.2, 0) is 9.59 Å². The Kier molecular flexibility index (Phi) is 4.94. The third kappa shape index (κ3) is 3.79. The van der Waals surface area contributed by atoms with E-state index in [2.05, 4.69) is 26.6 Å². The number of hydrogen-bond acceptors (Lipinski definition) is 5. The van der Waals surface area contributed by atoms with Crippen molar-refractivity contribution in [3.8, 4) is 0 Å². The maximum atomic E-state index is 11.8. The summed E-state index contributed by atoms with van der Waals surface area (Å²) in [5, 5.41) is 14.1. The zero-order valence-corrected chi connectivity index (χ0v) is 13.3. The quantitative estimate of drug-likeness (QED) is 0.702. The van der Waals surface area contributed by atoms with Crippen LogP contribution in [0.4, 0.5) is 0 Å². The molecule has 9 heteroatoms. The summed E-state index contributed by atoms with van der Waals surface area (Å²) in [7, 11) is 0. The van der Waals surface area contributed by atoms with Gasteiger partial charge in [-0.2, -0.15) is 11.8 Å². The molecule has 1 unspecified atom stereocenters. The smallest absolute Gasteiger partial charge is 0.330 e. The van der Waals surface area contributed by atoms with Gasteiger partial charge in [0.05, 0.1) is 6.54 Å². The Bertz CT molecular complexity index is 568. The van der Waals surface area contributed by atoms with Crippen molar-refractivity contribution in [2.24, 2.45) is 0 Å². The first kappa shape index (κ1) is 15.9. The third-order valence-electron chi connectivity index (χ3n) is 3.02. The van der Waals surface area contributed by atoms with E-state index >= 15 is 0 Å². The molecule has 0 spiro atoms. The minimum atomic E-state index is -1.24. The molecule has 1 aliphatic rings. The number of aliphatic carboxylic acids is 1. The molecule has 2 amide bonds. The molecular weight excluding hydrogens is 364 g/mol. The standard InChI is InChI=1S/C12H13BrN2O5S/c13-8-2-1-7(20-8)10(17)14-5-9(16)15-12(11(18)19)3-4-21-6-12/h1-2H,3-6H2,(H,14,17)(H,15,16)(H,18,19). The minimum absolute atomic E-state index is 0.0686. The highest BCUT2D eigenvalue weighted by atomic mass is 79.9. The van der Waals surface area contributed by atoms with Gasteiger partial charge < -0.3 is 20.2 Å². The fourth-order valence-corrected chi connectivity index (χ4v) is 3.51. The van der Waals surface area contributed by atoms with Crippen LogP contribution >= 0.6 is 27.7 Å². The Hall–Kier alpha value is -1.48. The van der Waals surface area contributed by atoms with Crippen LogP contribution in [0.2, 0.25) is 0 Å². The van der Waals surface area contributed by atoms with Gasteiger partial charge in [0, 0.05) is 5.75 Å². The van der Waals surface area contributed by atoms with E-state index in [0.29, 0.717) is 22.6 Å². The van der Waals surface area contributed by atoms with Crippen molar-refractivity contribution in [3.63, 3.8) is 0 Å². The monoisotopic (exact) mass is 376 g/mol. The molecule has 1 fully saturated rings. The van der Waals surface area contributed by atoms with E-state index in [1.807, 2.05) is 0 Å². The summed E-state index contributed by atoms with van der Waals surface area (Å²) in [6.45, 7) is -0.309. The van der Waals surface area contributed by atoms with Crippen LogP contribution in [0, 0.1) is 0 Å². The Balaban J connectivity index is 1.87. The highest BCUT2D eigenvalue weighted by Crippen LogP contribution is 2.28. The molecule has 1 saturated heterocycles. The lowest BCUT2D eigenvalue weighted by molar-refractivity contribution is -0.146. The summed E-state index contributed by atoms with van der Waals surface area (Å²) in [5.74, 6) is -1.06. The maximum Gasteiger partial charge on any atom is 0.330 e. The van der Waals surface area contributed by atoms with Crippen LogP contribution in [0.5, 0.6) is 0 Å². The number of carbonyl (C=O) groups is 3. The molecule has 21 heavy (non-hydrogen) atoms. The summed E-state index contributed by atoms with van der Waals surface area (Å²) < 4.78 is 5.45. The molecule has 0 bridgehead atoms. The summed E-state index contributed by atoms with van der Waals surface area (Å²) in [6, 6.07) is 3.02. The summed E-state index contributed by atoms with van der Waals surface area (Å²) in [6.07, 6.45) is 0.373. The predicted octanol–water partition coefficient (Wildman–Crippen LogP) is 0.848. The number of halogens is 1. The van der Waals surface area contributed by atoms with Gasteiger partial charge in [0.1, 0.15) is 5.54 Å². The van der Waals surface area contributed by atoms with Crippen LogP contribution in [0.15, 0.2) is 21.2 Å². The number of nitrogens with one attached hydrogen (secondary N) is 2. The summed E-state index contributed by atoms with van der Waals surface area (Å²) in [4.78, 5) is 34.8. The Morgan fingerprint density at radius 1 is 1.43 bits per heavy atom. The van der Waals surface area contributed by atoms with Crippen LogP contribution < -0.4 is 10.6 Å². The van der Waals surface area contributed by atoms with Gasteiger partial charge in [0.2, 0.25) is 5.91 Å². The number of furan rings is 1. The highest BCUT2D eigenvalue weighted by molar-refractivity contribution is 9.10. The lowest BCUT2D eigenvalue weighted by Gasteiger charge is -2.24. The Morgan fingerprint density at radius 3 is 2.71 bits per heavy atom. The number of carbonyl (C=O) groups excluding carboxylic acids is 2. The average molecular weight is 377 g/mol. The molecule has 2 rings (SSSR count). The van der Waals surface area contributed by atoms with Crippen molar-refractivity contribution >= 4 is 45.5 Å². The van der Waals surface area contributed by atoms with E-state index < -0.39 is 23.3 Å². The summed E-state index contributed by atoms with van der Waals surface area (Å²) >= 11 is 4.54. The van der Waals surface area contributed by atoms with Crippen LogP contribution in [0.1, 0.15) is 17.0 Å². The van der Waals surface area contributed by atoms with Crippen molar-refractivity contribution in [1.29, 1.82) is 0 Å². The van der Waals surface area contributed by atoms with Gasteiger partial charge in [-0.3, -0.25) is 9.59 Å². The van der Waals surface area contributed by atoms with Gasteiger partial charge in [-0.15, -0.1) is 0 Å². The van der Waals surface area contributed by atoms with Crippen molar-refractivity contribution in [3.05, 3.63) is 22.6 Å². The third-order valence-corrected chi connectivity index (χ3v) is 4.63. The second-order valence-corrected chi connectivity index (χ2v) is 6.41. The summed E-state index contributed by atoms with van der Waals surface area (Å²) in [5.41, 5.74) is -1.24. The Morgan fingerprint density at radius 2 is 2.19 bits per heavy atom. The van der Waals surface area contributed by atoms with E-state index in [-0.39, 0.29) is 12.3 Å². The molecule has 2 heterocycles. The lowest BCUT2D eigenvalue weighted by atomic mass is 9.99. The fourth-order valence-electron chi connectivity index (χ4n) is 1.88. The largest absolute Gasteiger partial charge is 0.479 e. The zero-order chi connectivity index (χ0) is 15.5. The molecule has 0 aliphatic carbocycles. The van der Waals surface area contributed by atoms with Crippen molar-refractivity contribution in [1.82, 2.24) is 10.6 Å². The average Bonchev–Trinajstić information content (AvgIpc) is 3.06. The van der Waals surface area contributed by atoms with E-state index in [1.54, 1.807) is 6.07 Å². The molecule has 7 nitrogen and oxygen atoms in total. The lowest BCUT2D eigenvalue weighted by Crippen LogP contribution is -2.56. The topological polar surface area (TPSA) is 109 Å². The fraction of sp³-hybridized carbons (Fsp3) is 0.417. The first-order valence-corrected chi connectivity index (χ1v) is 8.03. The highest BCUT2D eigenvalue weighted by Gasteiger charge is 2.43. The second-order valence-electron chi connectivity index (χ2n) is 4.52. The van der Waals surface area contributed by atoms with Crippen molar-refractivity contribution in [2.75, 3.05) is 18.1 Å². The SMILES string of the molecule is O=C(CNC(=O)c1ccc(Br)o1)NC1(C(=O)O)CCSC1. The molecule has 1 aliphatic heterocycles. The van der Waals surface area contributed by atoms with Gasteiger partial charge in [0.15, 0.2) is 10.4 Å². The normalized spacial score (nSPS) is 21.0. The number of hydrogen-bond donors (Lipinski definition) is 3. The van der Waals surface area contributed by atoms with Gasteiger partial charge in [-0.1, -0.05) is 0 Å². The van der Waals surface area contributed by atoms with Crippen LogP contribution in [-0.4, -0.2) is 46.5 Å². The predicted molar refractivity (Wildman–Crippen MR) is 79.2 cm³/mol. The molecule has 3 N–H and O–H groups in total. The number of rotatable bonds is 5. The minimum Gasteiger partial charge on any atom is -0.479 e. The molecular formula is C12H13BrN2O5S. The van der Waals surface area contributed by atoms with Gasteiger partial charge in [-0.05, 0) is 40.2 Å². The molecule has 0 radical (unpaired) electrons. The molecule has 1 aromatic heterocycles. The number of thioether (sulfide) groups is 1. The van der Waals surface area contributed by atoms with Crippen LogP contribution in [0.25, 0.3) is 0 Å². The van der Waals surface area contributed by atoms with E-state index in [4.69, 9.17) is 4.42 Å². The maximum absolute atomic E-state index is 11.8. The van der Waals surface area contributed by atoms with Gasteiger partial charge in [0.25, 0.3) is 5.91 Å². The van der Waals surface area contributed by atoms with E-state index in [1.165, 1.54) is 17.8 Å². The number of amides is 2. The molecule has 0 saturated carbocycles. The molecule has 0 aromatic carbocycles. The number of carboxylic acid groups (broad SMARTS) is 1. The zero-order valence-electron chi connectivity index (χ0n) is 10.8. The molecule has 1 atom stereocenters. The second kappa shape index (κ2) is 6.52. The van der Waals surface area contributed by atoms with Crippen LogP contribution in [0.3, 0.4) is 0 Å². The van der Waals surface area contributed by atoms with E-state index in [9.17, 15) is 19.5 Å². The van der Waals surface area contributed by atoms with Crippen molar-refractivity contribution in [2.45, 2.75) is 12.0 Å². The molecule has 1 aromatic rings.